The molecule has 4 saturated carbocycles. The summed E-state index contributed by atoms with van der Waals surface area (Å²) in [6.07, 6.45) is 10.6. The Labute approximate surface area is 119 Å². The van der Waals surface area contributed by atoms with Crippen LogP contribution in [0.1, 0.15) is 51.9 Å². The van der Waals surface area contributed by atoms with Crippen LogP contribution < -0.4 is 5.32 Å². The van der Waals surface area contributed by atoms with Gasteiger partial charge in [0.15, 0.2) is 0 Å². The van der Waals surface area contributed by atoms with Crippen molar-refractivity contribution < 1.29 is 0 Å². The van der Waals surface area contributed by atoms with Crippen LogP contribution in [0.2, 0.25) is 0 Å². The highest BCUT2D eigenvalue weighted by atomic mass is 15.1. The minimum absolute atomic E-state index is 0.673. The highest BCUT2D eigenvalue weighted by molar-refractivity contribution is 5.05. The summed E-state index contributed by atoms with van der Waals surface area (Å²) in [5.74, 6) is 3.24. The monoisotopic (exact) mass is 264 g/mol. The first kappa shape index (κ1) is 13.9. The standard InChI is InChI=1S/C17H32N2/c1-13(18-5-4-6-19(2)3)17-10-14-7-15(11-17)9-16(8-14)12-17/h13-16,18H,4-12H2,1-3H3. The second-order valence-electron chi connectivity index (χ2n) is 8.11. The first-order valence-electron chi connectivity index (χ1n) is 8.45. The predicted molar refractivity (Wildman–Crippen MR) is 81.2 cm³/mol. The number of hydrogen-bond donors (Lipinski definition) is 1. The van der Waals surface area contributed by atoms with Crippen LogP contribution in [0.5, 0.6) is 0 Å². The van der Waals surface area contributed by atoms with Crippen molar-refractivity contribution in [3.8, 4) is 0 Å². The number of nitrogens with one attached hydrogen (secondary N) is 1. The summed E-state index contributed by atoms with van der Waals surface area (Å²) in [5.41, 5.74) is 0.673. The van der Waals surface area contributed by atoms with Gasteiger partial charge < -0.3 is 10.2 Å². The van der Waals surface area contributed by atoms with Crippen molar-refractivity contribution in [3.05, 3.63) is 0 Å². The largest absolute Gasteiger partial charge is 0.314 e. The summed E-state index contributed by atoms with van der Waals surface area (Å²) in [6.45, 7) is 4.88. The van der Waals surface area contributed by atoms with E-state index >= 15 is 0 Å². The van der Waals surface area contributed by atoms with Crippen LogP contribution in [0, 0.1) is 23.2 Å². The van der Waals surface area contributed by atoms with E-state index in [1.165, 1.54) is 38.8 Å². The summed E-state index contributed by atoms with van der Waals surface area (Å²) in [7, 11) is 4.34. The van der Waals surface area contributed by atoms with E-state index in [1.54, 1.807) is 19.3 Å². The van der Waals surface area contributed by atoms with Gasteiger partial charge in [-0.2, -0.15) is 0 Å². The summed E-state index contributed by atoms with van der Waals surface area (Å²) < 4.78 is 0. The van der Waals surface area contributed by atoms with Crippen LogP contribution in [-0.4, -0.2) is 38.1 Å². The van der Waals surface area contributed by atoms with Crippen molar-refractivity contribution >= 4 is 0 Å². The van der Waals surface area contributed by atoms with Crippen molar-refractivity contribution in [3.63, 3.8) is 0 Å². The van der Waals surface area contributed by atoms with Crippen LogP contribution in [0.4, 0.5) is 0 Å². The van der Waals surface area contributed by atoms with Gasteiger partial charge in [0.2, 0.25) is 0 Å². The van der Waals surface area contributed by atoms with E-state index in [0.29, 0.717) is 5.41 Å². The maximum atomic E-state index is 3.87. The molecule has 0 radical (unpaired) electrons. The van der Waals surface area contributed by atoms with E-state index in [-0.39, 0.29) is 0 Å². The molecular formula is C17H32N2. The van der Waals surface area contributed by atoms with E-state index < -0.39 is 0 Å². The molecule has 1 atom stereocenters. The lowest BCUT2D eigenvalue weighted by molar-refractivity contribution is -0.0703. The Kier molecular flexibility index (Phi) is 3.92. The molecule has 0 aromatic rings. The summed E-state index contributed by atoms with van der Waals surface area (Å²) in [5, 5.41) is 3.87. The maximum absolute atomic E-state index is 3.87. The molecule has 110 valence electrons. The molecule has 4 aliphatic carbocycles. The summed E-state index contributed by atoms with van der Waals surface area (Å²) in [6, 6.07) is 0.739. The first-order chi connectivity index (χ1) is 9.07. The van der Waals surface area contributed by atoms with Gasteiger partial charge in [0, 0.05) is 6.04 Å². The van der Waals surface area contributed by atoms with Gasteiger partial charge in [-0.1, -0.05) is 0 Å². The Balaban J connectivity index is 1.53. The fourth-order valence-electron chi connectivity index (χ4n) is 5.64. The van der Waals surface area contributed by atoms with Crippen molar-refractivity contribution in [2.45, 2.75) is 57.9 Å². The van der Waals surface area contributed by atoms with Crippen LogP contribution >= 0.6 is 0 Å². The second-order valence-corrected chi connectivity index (χ2v) is 8.11. The Bertz CT molecular complexity index is 275. The van der Waals surface area contributed by atoms with E-state index in [9.17, 15) is 0 Å². The lowest BCUT2D eigenvalue weighted by Crippen LogP contribution is -2.55. The van der Waals surface area contributed by atoms with Crippen molar-refractivity contribution in [1.82, 2.24) is 10.2 Å². The predicted octanol–water partition coefficient (Wildman–Crippen LogP) is 3.13. The Morgan fingerprint density at radius 1 is 1.05 bits per heavy atom. The molecule has 1 N–H and O–H groups in total. The number of hydrogen-bond acceptors (Lipinski definition) is 2. The van der Waals surface area contributed by atoms with Gasteiger partial charge in [-0.3, -0.25) is 0 Å². The van der Waals surface area contributed by atoms with Gasteiger partial charge >= 0.3 is 0 Å². The second kappa shape index (κ2) is 5.37. The summed E-state index contributed by atoms with van der Waals surface area (Å²) in [4.78, 5) is 2.29. The molecule has 2 nitrogen and oxygen atoms in total. The SMILES string of the molecule is CC(NCCCN(C)C)C12CC3CC(CC(C3)C1)C2. The fourth-order valence-corrected chi connectivity index (χ4v) is 5.64. The molecule has 0 aliphatic heterocycles. The molecular weight excluding hydrogens is 232 g/mol. The smallest absolute Gasteiger partial charge is 0.00955 e. The molecule has 0 spiro atoms. The molecule has 1 unspecified atom stereocenters. The van der Waals surface area contributed by atoms with Gasteiger partial charge in [0.05, 0.1) is 0 Å². The molecule has 0 saturated heterocycles. The molecule has 4 bridgehead atoms. The van der Waals surface area contributed by atoms with Gasteiger partial charge in [0.25, 0.3) is 0 Å². The van der Waals surface area contributed by atoms with E-state index in [4.69, 9.17) is 0 Å². The lowest BCUT2D eigenvalue weighted by Gasteiger charge is -2.59. The Hall–Kier alpha value is -0.0800. The number of rotatable bonds is 6. The summed E-state index contributed by atoms with van der Waals surface area (Å²) >= 11 is 0. The van der Waals surface area contributed by atoms with Crippen LogP contribution in [0.15, 0.2) is 0 Å². The van der Waals surface area contributed by atoms with E-state index in [2.05, 4.69) is 31.2 Å². The van der Waals surface area contributed by atoms with Gasteiger partial charge in [-0.05, 0) is 102 Å². The van der Waals surface area contributed by atoms with E-state index in [1.807, 2.05) is 0 Å². The van der Waals surface area contributed by atoms with Crippen LogP contribution in [-0.2, 0) is 0 Å². The molecule has 0 heterocycles. The molecule has 4 aliphatic rings. The highest BCUT2D eigenvalue weighted by Crippen LogP contribution is 2.61. The Morgan fingerprint density at radius 2 is 1.58 bits per heavy atom. The zero-order valence-electron chi connectivity index (χ0n) is 13.1. The van der Waals surface area contributed by atoms with Crippen LogP contribution in [0.3, 0.4) is 0 Å². The van der Waals surface area contributed by atoms with Crippen molar-refractivity contribution in [1.29, 1.82) is 0 Å². The number of nitrogens with zero attached hydrogens (tertiary/aromatic N) is 1. The average Bonchev–Trinajstić information content (AvgIpc) is 2.32. The third kappa shape index (κ3) is 2.85. The average molecular weight is 264 g/mol. The molecule has 0 aromatic heterocycles. The minimum Gasteiger partial charge on any atom is -0.314 e. The molecule has 4 rings (SSSR count). The lowest BCUT2D eigenvalue weighted by atomic mass is 9.48. The van der Waals surface area contributed by atoms with Gasteiger partial charge in [-0.25, -0.2) is 0 Å². The normalized spacial score (nSPS) is 42.0. The van der Waals surface area contributed by atoms with Crippen LogP contribution in [0.25, 0.3) is 0 Å². The maximum Gasteiger partial charge on any atom is 0.00955 e. The fraction of sp³-hybridized carbons (Fsp3) is 1.00. The van der Waals surface area contributed by atoms with Gasteiger partial charge in [-0.15, -0.1) is 0 Å². The third-order valence-corrected chi connectivity index (χ3v) is 6.24. The molecule has 0 aromatic carbocycles. The topological polar surface area (TPSA) is 15.3 Å². The third-order valence-electron chi connectivity index (χ3n) is 6.24. The quantitative estimate of drug-likeness (QED) is 0.742. The molecule has 0 amide bonds. The molecule has 19 heavy (non-hydrogen) atoms. The highest BCUT2D eigenvalue weighted by Gasteiger charge is 2.52. The molecule has 4 fully saturated rings. The zero-order valence-corrected chi connectivity index (χ0v) is 13.1. The zero-order chi connectivity index (χ0) is 13.5. The first-order valence-corrected chi connectivity index (χ1v) is 8.45. The van der Waals surface area contributed by atoms with Gasteiger partial charge in [0.1, 0.15) is 0 Å². The van der Waals surface area contributed by atoms with Crippen molar-refractivity contribution in [2.24, 2.45) is 23.2 Å². The molecule has 2 heteroatoms. The van der Waals surface area contributed by atoms with E-state index in [0.717, 1.165) is 23.8 Å². The van der Waals surface area contributed by atoms with Crippen molar-refractivity contribution in [2.75, 3.05) is 27.2 Å². The minimum atomic E-state index is 0.673. The Morgan fingerprint density at radius 3 is 2.05 bits per heavy atom.